The molecule has 1 unspecified atom stereocenters. The first kappa shape index (κ1) is 24.4. The van der Waals surface area contributed by atoms with E-state index in [1.807, 2.05) is 0 Å². The Morgan fingerprint density at radius 3 is 2.63 bits per heavy atom. The first-order chi connectivity index (χ1) is 12.1. The standard InChI is InChI=1S/C17H28F3N5S.HI/c1-12-6-5-7-25(9-12)16(2,3)11-23-15(21-4)22-8-14-24-13(10-26-14)17(18,19)20;/h10,12H,5-9,11H2,1-4H3,(H2,21,22,23);1H. The van der Waals surface area contributed by atoms with Crippen molar-refractivity contribution in [2.75, 3.05) is 26.7 Å². The zero-order valence-electron chi connectivity index (χ0n) is 16.2. The highest BCUT2D eigenvalue weighted by Gasteiger charge is 2.33. The summed E-state index contributed by atoms with van der Waals surface area (Å²) in [7, 11) is 1.65. The molecule has 2 rings (SSSR count). The molecule has 0 aromatic carbocycles. The molecule has 0 aliphatic carbocycles. The Bertz CT molecular complexity index is 618. The van der Waals surface area contributed by atoms with Gasteiger partial charge in [0.1, 0.15) is 5.01 Å². The van der Waals surface area contributed by atoms with Crippen LogP contribution in [0.25, 0.3) is 0 Å². The molecule has 1 atom stereocenters. The fourth-order valence-electron chi connectivity index (χ4n) is 3.05. The normalized spacial score (nSPS) is 19.5. The van der Waals surface area contributed by atoms with Gasteiger partial charge in [0.15, 0.2) is 11.7 Å². The molecule has 0 amide bonds. The van der Waals surface area contributed by atoms with E-state index in [4.69, 9.17) is 0 Å². The molecule has 27 heavy (non-hydrogen) atoms. The van der Waals surface area contributed by atoms with Crippen LogP contribution in [-0.2, 0) is 12.7 Å². The molecular weight excluding hydrogens is 490 g/mol. The van der Waals surface area contributed by atoms with Gasteiger partial charge >= 0.3 is 6.18 Å². The second kappa shape index (κ2) is 10.2. The van der Waals surface area contributed by atoms with Gasteiger partial charge in [-0.2, -0.15) is 13.2 Å². The van der Waals surface area contributed by atoms with Gasteiger partial charge < -0.3 is 10.6 Å². The summed E-state index contributed by atoms with van der Waals surface area (Å²) in [5.74, 6) is 1.26. The Kier molecular flexibility index (Phi) is 9.26. The topological polar surface area (TPSA) is 52.6 Å². The van der Waals surface area contributed by atoms with Gasteiger partial charge in [0.2, 0.25) is 0 Å². The van der Waals surface area contributed by atoms with E-state index in [0.29, 0.717) is 23.4 Å². The number of aromatic nitrogens is 1. The van der Waals surface area contributed by atoms with E-state index in [1.54, 1.807) is 7.05 Å². The third kappa shape index (κ3) is 7.37. The molecule has 1 aliphatic rings. The molecule has 0 radical (unpaired) electrons. The van der Waals surface area contributed by atoms with Gasteiger partial charge in [-0.05, 0) is 39.2 Å². The van der Waals surface area contributed by atoms with Gasteiger partial charge in [-0.1, -0.05) is 6.92 Å². The summed E-state index contributed by atoms with van der Waals surface area (Å²) in [4.78, 5) is 10.3. The minimum absolute atomic E-state index is 0. The van der Waals surface area contributed by atoms with E-state index < -0.39 is 11.9 Å². The second-order valence-corrected chi connectivity index (χ2v) is 8.35. The van der Waals surface area contributed by atoms with Crippen LogP contribution >= 0.6 is 35.3 Å². The smallest absolute Gasteiger partial charge is 0.355 e. The average molecular weight is 519 g/mol. The highest BCUT2D eigenvalue weighted by atomic mass is 127. The Hall–Kier alpha value is -0.620. The highest BCUT2D eigenvalue weighted by Crippen LogP contribution is 2.30. The summed E-state index contributed by atoms with van der Waals surface area (Å²) < 4.78 is 37.8. The van der Waals surface area contributed by atoms with Crippen LogP contribution in [-0.4, -0.2) is 48.1 Å². The van der Waals surface area contributed by atoms with Crippen molar-refractivity contribution in [3.05, 3.63) is 16.1 Å². The lowest BCUT2D eigenvalue weighted by molar-refractivity contribution is -0.140. The van der Waals surface area contributed by atoms with Crippen LogP contribution in [0.1, 0.15) is 44.3 Å². The van der Waals surface area contributed by atoms with Gasteiger partial charge in [-0.15, -0.1) is 35.3 Å². The van der Waals surface area contributed by atoms with Gasteiger partial charge in [0, 0.05) is 31.1 Å². The van der Waals surface area contributed by atoms with Crippen molar-refractivity contribution in [2.45, 2.75) is 51.9 Å². The fourth-order valence-corrected chi connectivity index (χ4v) is 3.79. The number of halogens is 4. The Labute approximate surface area is 180 Å². The molecule has 10 heteroatoms. The van der Waals surface area contributed by atoms with Crippen molar-refractivity contribution in [3.8, 4) is 0 Å². The zero-order chi connectivity index (χ0) is 19.4. The molecular formula is C17H29F3IN5S. The number of nitrogens with one attached hydrogen (secondary N) is 2. The number of nitrogens with zero attached hydrogens (tertiary/aromatic N) is 3. The van der Waals surface area contributed by atoms with Crippen molar-refractivity contribution < 1.29 is 13.2 Å². The fraction of sp³-hybridized carbons (Fsp3) is 0.765. The van der Waals surface area contributed by atoms with E-state index in [2.05, 4.69) is 46.3 Å². The average Bonchev–Trinajstić information content (AvgIpc) is 3.04. The zero-order valence-corrected chi connectivity index (χ0v) is 19.3. The van der Waals surface area contributed by atoms with E-state index in [9.17, 15) is 13.2 Å². The predicted octanol–water partition coefficient (Wildman–Crippen LogP) is 3.96. The van der Waals surface area contributed by atoms with Gasteiger partial charge in [0.25, 0.3) is 0 Å². The van der Waals surface area contributed by atoms with Crippen LogP contribution in [0.15, 0.2) is 10.4 Å². The van der Waals surface area contributed by atoms with Crippen LogP contribution in [0, 0.1) is 5.92 Å². The quantitative estimate of drug-likeness (QED) is 0.352. The number of aliphatic imine (C=N–C) groups is 1. The number of likely N-dealkylation sites (tertiary alicyclic amines) is 1. The maximum Gasteiger partial charge on any atom is 0.434 e. The molecule has 2 heterocycles. The lowest BCUT2D eigenvalue weighted by Gasteiger charge is -2.43. The maximum atomic E-state index is 12.6. The predicted molar refractivity (Wildman–Crippen MR) is 115 cm³/mol. The summed E-state index contributed by atoms with van der Waals surface area (Å²) in [5, 5.41) is 7.73. The van der Waals surface area contributed by atoms with E-state index in [-0.39, 0.29) is 36.1 Å². The Morgan fingerprint density at radius 2 is 2.07 bits per heavy atom. The monoisotopic (exact) mass is 519 g/mol. The molecule has 1 aliphatic heterocycles. The Balaban J connectivity index is 0.00000364. The summed E-state index contributed by atoms with van der Waals surface area (Å²) in [6.45, 7) is 9.75. The molecule has 1 fully saturated rings. The molecule has 1 aromatic heterocycles. The van der Waals surface area contributed by atoms with Crippen LogP contribution in [0.4, 0.5) is 13.2 Å². The number of piperidine rings is 1. The molecule has 0 saturated carbocycles. The number of alkyl halides is 3. The lowest BCUT2D eigenvalue weighted by atomic mass is 9.93. The van der Waals surface area contributed by atoms with Crippen LogP contribution < -0.4 is 10.6 Å². The summed E-state index contributed by atoms with van der Waals surface area (Å²) >= 11 is 0.991. The van der Waals surface area contributed by atoms with Crippen molar-refractivity contribution in [1.82, 2.24) is 20.5 Å². The number of rotatable bonds is 5. The van der Waals surface area contributed by atoms with E-state index >= 15 is 0 Å². The van der Waals surface area contributed by atoms with Crippen LogP contribution in [0.5, 0.6) is 0 Å². The van der Waals surface area contributed by atoms with E-state index in [0.717, 1.165) is 29.8 Å². The molecule has 156 valence electrons. The second-order valence-electron chi connectivity index (χ2n) is 7.41. The van der Waals surface area contributed by atoms with E-state index in [1.165, 1.54) is 12.8 Å². The molecule has 1 aromatic rings. The molecule has 0 bridgehead atoms. The third-order valence-corrected chi connectivity index (χ3v) is 5.52. The van der Waals surface area contributed by atoms with Crippen LogP contribution in [0.3, 0.4) is 0 Å². The summed E-state index contributed by atoms with van der Waals surface area (Å²) in [6, 6.07) is 0. The SMILES string of the molecule is CN=C(NCc1nc(C(F)(F)F)cs1)NCC(C)(C)N1CCCC(C)C1.I. The molecule has 5 nitrogen and oxygen atoms in total. The number of thiazole rings is 1. The van der Waals surface area contributed by atoms with Crippen molar-refractivity contribution in [1.29, 1.82) is 0 Å². The van der Waals surface area contributed by atoms with Gasteiger partial charge in [-0.25, -0.2) is 4.98 Å². The summed E-state index contributed by atoms with van der Waals surface area (Å²) in [5.41, 5.74) is -0.876. The molecule has 2 N–H and O–H groups in total. The minimum atomic E-state index is -4.40. The number of hydrogen-bond acceptors (Lipinski definition) is 4. The minimum Gasteiger partial charge on any atom is -0.355 e. The molecule has 0 spiro atoms. The maximum absolute atomic E-state index is 12.6. The van der Waals surface area contributed by atoms with Gasteiger partial charge in [-0.3, -0.25) is 9.89 Å². The third-order valence-electron chi connectivity index (χ3n) is 4.67. The van der Waals surface area contributed by atoms with Gasteiger partial charge in [0.05, 0.1) is 6.54 Å². The highest BCUT2D eigenvalue weighted by molar-refractivity contribution is 14.0. The number of hydrogen-bond donors (Lipinski definition) is 2. The summed E-state index contributed by atoms with van der Waals surface area (Å²) in [6.07, 6.45) is -1.91. The largest absolute Gasteiger partial charge is 0.434 e. The van der Waals surface area contributed by atoms with Crippen molar-refractivity contribution in [2.24, 2.45) is 10.9 Å². The van der Waals surface area contributed by atoms with Crippen molar-refractivity contribution in [3.63, 3.8) is 0 Å². The first-order valence-electron chi connectivity index (χ1n) is 8.83. The van der Waals surface area contributed by atoms with Crippen LogP contribution in [0.2, 0.25) is 0 Å². The Morgan fingerprint density at radius 1 is 1.37 bits per heavy atom. The first-order valence-corrected chi connectivity index (χ1v) is 9.71. The number of guanidine groups is 1. The lowest BCUT2D eigenvalue weighted by Crippen LogP contribution is -2.55. The van der Waals surface area contributed by atoms with Crippen molar-refractivity contribution >= 4 is 41.3 Å². The molecule has 1 saturated heterocycles.